The van der Waals surface area contributed by atoms with Crippen molar-refractivity contribution in [2.24, 2.45) is 0 Å². The van der Waals surface area contributed by atoms with Crippen molar-refractivity contribution in [3.63, 3.8) is 0 Å². The van der Waals surface area contributed by atoms with Gasteiger partial charge in [0.05, 0.1) is 0 Å². The van der Waals surface area contributed by atoms with E-state index >= 15 is 0 Å². The number of aryl methyl sites for hydroxylation is 1. The van der Waals surface area contributed by atoms with E-state index in [0.29, 0.717) is 23.4 Å². The van der Waals surface area contributed by atoms with Gasteiger partial charge in [-0.3, -0.25) is 14.9 Å². The molecule has 0 heterocycles. The molecule has 6 heteroatoms. The number of hydrogen-bond acceptors (Lipinski definition) is 3. The van der Waals surface area contributed by atoms with Crippen LogP contribution < -0.4 is 16.0 Å². The molecule has 124 valence electrons. The summed E-state index contributed by atoms with van der Waals surface area (Å²) in [5, 5.41) is 8.47. The van der Waals surface area contributed by atoms with Crippen LogP contribution in [0.5, 0.6) is 0 Å². The molecule has 2 aromatic rings. The van der Waals surface area contributed by atoms with E-state index in [0.717, 1.165) is 5.56 Å². The first kappa shape index (κ1) is 17.6. The maximum absolute atomic E-state index is 12.1. The first-order valence-electron chi connectivity index (χ1n) is 7.57. The highest BCUT2D eigenvalue weighted by Crippen LogP contribution is 2.10. The van der Waals surface area contributed by atoms with E-state index in [1.165, 1.54) is 0 Å². The number of thiocarbonyl (C=S) groups is 1. The topological polar surface area (TPSA) is 70.2 Å². The van der Waals surface area contributed by atoms with Crippen molar-refractivity contribution in [2.45, 2.75) is 13.8 Å². The monoisotopic (exact) mass is 341 g/mol. The molecule has 0 fully saturated rings. The van der Waals surface area contributed by atoms with Crippen molar-refractivity contribution in [3.05, 3.63) is 65.2 Å². The molecule has 24 heavy (non-hydrogen) atoms. The second-order valence-corrected chi connectivity index (χ2v) is 5.62. The van der Waals surface area contributed by atoms with Gasteiger partial charge in [-0.1, -0.05) is 17.7 Å². The van der Waals surface area contributed by atoms with Gasteiger partial charge in [0.25, 0.3) is 11.8 Å². The molecular weight excluding hydrogens is 322 g/mol. The van der Waals surface area contributed by atoms with Gasteiger partial charge in [-0.2, -0.15) is 0 Å². The minimum atomic E-state index is -0.272. The van der Waals surface area contributed by atoms with Crippen LogP contribution in [-0.2, 0) is 0 Å². The van der Waals surface area contributed by atoms with Gasteiger partial charge in [0.1, 0.15) is 0 Å². The fourth-order valence-electron chi connectivity index (χ4n) is 2.01. The second-order valence-electron chi connectivity index (χ2n) is 5.21. The highest BCUT2D eigenvalue weighted by Gasteiger charge is 2.08. The highest BCUT2D eigenvalue weighted by atomic mass is 32.1. The molecule has 0 aromatic heterocycles. The zero-order chi connectivity index (χ0) is 17.5. The molecule has 2 rings (SSSR count). The molecule has 0 aliphatic rings. The normalized spacial score (nSPS) is 9.92. The SMILES string of the molecule is CCNC(=O)c1ccc(NC(=S)NC(=O)c2ccc(C)cc2)cc1. The van der Waals surface area contributed by atoms with Crippen LogP contribution in [0.25, 0.3) is 0 Å². The summed E-state index contributed by atoms with van der Waals surface area (Å²) in [5.41, 5.74) is 2.88. The summed E-state index contributed by atoms with van der Waals surface area (Å²) < 4.78 is 0. The Kier molecular flexibility index (Phi) is 6.03. The van der Waals surface area contributed by atoms with Crippen molar-refractivity contribution in [1.82, 2.24) is 10.6 Å². The van der Waals surface area contributed by atoms with Gasteiger partial charge >= 0.3 is 0 Å². The predicted octanol–water partition coefficient (Wildman–Crippen LogP) is 2.87. The molecule has 0 radical (unpaired) electrons. The third-order valence-corrected chi connectivity index (χ3v) is 3.49. The minimum absolute atomic E-state index is 0.126. The molecule has 0 spiro atoms. The van der Waals surface area contributed by atoms with Gasteiger partial charge in [0.15, 0.2) is 5.11 Å². The Labute approximate surface area is 146 Å². The average Bonchev–Trinajstić information content (AvgIpc) is 2.56. The number of carbonyl (C=O) groups excluding carboxylic acids is 2. The Hall–Kier alpha value is -2.73. The largest absolute Gasteiger partial charge is 0.352 e. The van der Waals surface area contributed by atoms with Crippen LogP contribution in [0.4, 0.5) is 5.69 Å². The predicted molar refractivity (Wildman–Crippen MR) is 99.3 cm³/mol. The molecule has 0 saturated carbocycles. The molecule has 3 N–H and O–H groups in total. The lowest BCUT2D eigenvalue weighted by molar-refractivity contribution is 0.0953. The Morgan fingerprint density at radius 3 is 2.04 bits per heavy atom. The minimum Gasteiger partial charge on any atom is -0.352 e. The van der Waals surface area contributed by atoms with Crippen LogP contribution in [0.2, 0.25) is 0 Å². The zero-order valence-electron chi connectivity index (χ0n) is 13.6. The summed E-state index contributed by atoms with van der Waals surface area (Å²) >= 11 is 5.14. The van der Waals surface area contributed by atoms with Crippen molar-refractivity contribution in [2.75, 3.05) is 11.9 Å². The fourth-order valence-corrected chi connectivity index (χ4v) is 2.22. The first-order valence-corrected chi connectivity index (χ1v) is 7.97. The van der Waals surface area contributed by atoms with Gasteiger partial charge in [0, 0.05) is 23.4 Å². The maximum atomic E-state index is 12.1. The van der Waals surface area contributed by atoms with Crippen LogP contribution in [-0.4, -0.2) is 23.5 Å². The van der Waals surface area contributed by atoms with E-state index in [-0.39, 0.29) is 16.9 Å². The number of anilines is 1. The molecule has 2 aromatic carbocycles. The molecular formula is C18H19N3O2S. The number of carbonyl (C=O) groups is 2. The lowest BCUT2D eigenvalue weighted by Gasteiger charge is -2.10. The van der Waals surface area contributed by atoms with Crippen LogP contribution in [0.1, 0.15) is 33.2 Å². The van der Waals surface area contributed by atoms with E-state index in [9.17, 15) is 9.59 Å². The van der Waals surface area contributed by atoms with Gasteiger partial charge in [-0.15, -0.1) is 0 Å². The molecule has 0 bridgehead atoms. The number of rotatable bonds is 4. The summed E-state index contributed by atoms with van der Waals surface area (Å²) in [7, 11) is 0. The van der Waals surface area contributed by atoms with Crippen molar-refractivity contribution in [3.8, 4) is 0 Å². The van der Waals surface area contributed by atoms with Crippen LogP contribution in [0.15, 0.2) is 48.5 Å². The fraction of sp³-hybridized carbons (Fsp3) is 0.167. The number of benzene rings is 2. The van der Waals surface area contributed by atoms with E-state index in [1.807, 2.05) is 26.0 Å². The zero-order valence-corrected chi connectivity index (χ0v) is 14.4. The summed E-state index contributed by atoms with van der Waals surface area (Å²) in [6.45, 7) is 4.40. The van der Waals surface area contributed by atoms with Crippen molar-refractivity contribution >= 4 is 34.8 Å². The summed E-state index contributed by atoms with van der Waals surface area (Å²) in [4.78, 5) is 23.8. The Balaban J connectivity index is 1.93. The van der Waals surface area contributed by atoms with Gasteiger partial charge in [0.2, 0.25) is 0 Å². The summed E-state index contributed by atoms with van der Waals surface area (Å²) in [5.74, 6) is -0.397. The summed E-state index contributed by atoms with van der Waals surface area (Å²) in [6, 6.07) is 14.1. The lowest BCUT2D eigenvalue weighted by atomic mass is 10.1. The van der Waals surface area contributed by atoms with Crippen LogP contribution >= 0.6 is 12.2 Å². The van der Waals surface area contributed by atoms with E-state index in [1.54, 1.807) is 36.4 Å². The maximum Gasteiger partial charge on any atom is 0.257 e. The molecule has 2 amide bonds. The Bertz CT molecular complexity index is 740. The molecule has 0 saturated heterocycles. The molecule has 0 atom stereocenters. The number of amides is 2. The standard InChI is InChI=1S/C18H19N3O2S/c1-3-19-16(22)13-8-10-15(11-9-13)20-18(24)21-17(23)14-6-4-12(2)5-7-14/h4-11H,3H2,1-2H3,(H,19,22)(H2,20,21,23,24). The van der Waals surface area contributed by atoms with Gasteiger partial charge in [-0.05, 0) is 62.5 Å². The quantitative estimate of drug-likeness (QED) is 0.748. The molecule has 0 aliphatic heterocycles. The number of hydrogen-bond donors (Lipinski definition) is 3. The van der Waals surface area contributed by atoms with Gasteiger partial charge in [-0.25, -0.2) is 0 Å². The van der Waals surface area contributed by atoms with Crippen LogP contribution in [0.3, 0.4) is 0 Å². The van der Waals surface area contributed by atoms with E-state index < -0.39 is 0 Å². The van der Waals surface area contributed by atoms with Crippen LogP contribution in [0, 0.1) is 6.92 Å². The molecule has 0 unspecified atom stereocenters. The Morgan fingerprint density at radius 1 is 0.917 bits per heavy atom. The second kappa shape index (κ2) is 8.21. The van der Waals surface area contributed by atoms with Crippen molar-refractivity contribution < 1.29 is 9.59 Å². The third kappa shape index (κ3) is 4.89. The Morgan fingerprint density at radius 2 is 1.46 bits per heavy atom. The van der Waals surface area contributed by atoms with E-state index in [4.69, 9.17) is 12.2 Å². The molecule has 5 nitrogen and oxygen atoms in total. The first-order chi connectivity index (χ1) is 11.5. The summed E-state index contributed by atoms with van der Waals surface area (Å²) in [6.07, 6.45) is 0. The van der Waals surface area contributed by atoms with E-state index in [2.05, 4.69) is 16.0 Å². The van der Waals surface area contributed by atoms with Gasteiger partial charge < -0.3 is 10.6 Å². The average molecular weight is 341 g/mol. The lowest BCUT2D eigenvalue weighted by Crippen LogP contribution is -2.34. The highest BCUT2D eigenvalue weighted by molar-refractivity contribution is 7.80. The smallest absolute Gasteiger partial charge is 0.257 e. The number of nitrogens with one attached hydrogen (secondary N) is 3. The molecule has 0 aliphatic carbocycles. The third-order valence-electron chi connectivity index (χ3n) is 3.28. The van der Waals surface area contributed by atoms with Crippen molar-refractivity contribution in [1.29, 1.82) is 0 Å².